The summed E-state index contributed by atoms with van der Waals surface area (Å²) in [5, 5.41) is 5.59. The molecule has 2 aliphatic heterocycles. The number of fused-ring (bicyclic) bond motifs is 1. The molecule has 0 radical (unpaired) electrons. The Morgan fingerprint density at radius 1 is 0.943 bits per heavy atom. The fourth-order valence-corrected chi connectivity index (χ4v) is 4.98. The summed E-state index contributed by atoms with van der Waals surface area (Å²) < 4.78 is 7.49. The van der Waals surface area contributed by atoms with Crippen LogP contribution in [0.5, 0.6) is 0 Å². The molecule has 35 heavy (non-hydrogen) atoms. The molecule has 6 rings (SSSR count). The summed E-state index contributed by atoms with van der Waals surface area (Å²) in [6.07, 6.45) is 10.5. The Morgan fingerprint density at radius 2 is 1.80 bits per heavy atom. The molecule has 182 valence electrons. The zero-order valence-corrected chi connectivity index (χ0v) is 19.9. The van der Waals surface area contributed by atoms with Crippen LogP contribution in [0.3, 0.4) is 0 Å². The van der Waals surface area contributed by atoms with Gasteiger partial charge in [-0.05, 0) is 38.1 Å². The molecule has 0 spiro atoms. The van der Waals surface area contributed by atoms with E-state index >= 15 is 0 Å². The van der Waals surface area contributed by atoms with E-state index in [2.05, 4.69) is 47.1 Å². The van der Waals surface area contributed by atoms with Gasteiger partial charge in [-0.15, -0.1) is 0 Å². The first-order valence-electron chi connectivity index (χ1n) is 12.4. The zero-order chi connectivity index (χ0) is 23.6. The number of likely N-dealkylation sites (tertiary alicyclic amines) is 1. The first kappa shape index (κ1) is 22.1. The van der Waals surface area contributed by atoms with Gasteiger partial charge in [0.05, 0.1) is 37.3 Å². The van der Waals surface area contributed by atoms with Crippen LogP contribution in [0, 0.1) is 0 Å². The van der Waals surface area contributed by atoms with Crippen molar-refractivity contribution in [1.82, 2.24) is 39.5 Å². The van der Waals surface area contributed by atoms with Gasteiger partial charge in [0, 0.05) is 66.8 Å². The fourth-order valence-electron chi connectivity index (χ4n) is 4.98. The second kappa shape index (κ2) is 9.73. The van der Waals surface area contributed by atoms with Crippen molar-refractivity contribution in [2.24, 2.45) is 0 Å². The summed E-state index contributed by atoms with van der Waals surface area (Å²) in [4.78, 5) is 21.8. The Bertz CT molecular complexity index is 1300. The Hall–Kier alpha value is -3.34. The van der Waals surface area contributed by atoms with Gasteiger partial charge in [-0.3, -0.25) is 9.58 Å². The molecule has 10 nitrogen and oxygen atoms in total. The van der Waals surface area contributed by atoms with E-state index in [1.165, 1.54) is 25.9 Å². The van der Waals surface area contributed by atoms with E-state index in [0.29, 0.717) is 0 Å². The molecule has 0 amide bonds. The summed E-state index contributed by atoms with van der Waals surface area (Å²) in [7, 11) is 0. The van der Waals surface area contributed by atoms with Crippen molar-refractivity contribution >= 4 is 17.0 Å². The lowest BCUT2D eigenvalue weighted by Crippen LogP contribution is -2.35. The van der Waals surface area contributed by atoms with E-state index in [-0.39, 0.29) is 5.95 Å². The van der Waals surface area contributed by atoms with Crippen molar-refractivity contribution in [2.45, 2.75) is 25.9 Å². The molecule has 3 N–H and O–H groups in total. The molecule has 2 aliphatic rings. The van der Waals surface area contributed by atoms with Gasteiger partial charge in [0.1, 0.15) is 5.65 Å². The van der Waals surface area contributed by atoms with E-state index in [1.807, 2.05) is 29.3 Å². The molecule has 0 aliphatic carbocycles. The molecule has 2 fully saturated rings. The van der Waals surface area contributed by atoms with Gasteiger partial charge in [0.25, 0.3) is 0 Å². The highest BCUT2D eigenvalue weighted by atomic mass is 16.5. The van der Waals surface area contributed by atoms with Crippen LogP contribution in [0.25, 0.3) is 33.4 Å². The smallest absolute Gasteiger partial charge is 0.220 e. The molecule has 2 saturated heterocycles. The first-order valence-corrected chi connectivity index (χ1v) is 12.4. The predicted octanol–water partition coefficient (Wildman–Crippen LogP) is 2.39. The molecular weight excluding hydrogens is 442 g/mol. The summed E-state index contributed by atoms with van der Waals surface area (Å²) >= 11 is 0. The van der Waals surface area contributed by atoms with E-state index in [1.54, 1.807) is 0 Å². The lowest BCUT2D eigenvalue weighted by molar-refractivity contribution is 0.0336. The van der Waals surface area contributed by atoms with Crippen molar-refractivity contribution in [1.29, 1.82) is 0 Å². The van der Waals surface area contributed by atoms with Crippen LogP contribution >= 0.6 is 0 Å². The lowest BCUT2D eigenvalue weighted by atomic mass is 10.1. The van der Waals surface area contributed by atoms with Crippen LogP contribution in [0.2, 0.25) is 0 Å². The number of aromatic nitrogens is 6. The second-order valence-corrected chi connectivity index (χ2v) is 9.35. The number of rotatable bonds is 7. The maximum atomic E-state index is 6.11. The number of H-pyrrole nitrogens is 1. The average Bonchev–Trinajstić information content (AvgIpc) is 3.63. The maximum Gasteiger partial charge on any atom is 0.220 e. The largest absolute Gasteiger partial charge is 0.379 e. The summed E-state index contributed by atoms with van der Waals surface area (Å²) in [6.45, 7) is 8.36. The number of pyridine rings is 1. The molecule has 0 aromatic carbocycles. The quantitative estimate of drug-likeness (QED) is 0.421. The Labute approximate surface area is 204 Å². The SMILES string of the molecule is Nc1nc(CN2CCOCC2)cc(-c2c[nH]c3ncc(-c4cnn(CCN5CCCC5)c4)cc23)n1. The number of nitrogen functional groups attached to an aromatic ring is 1. The molecule has 4 aromatic rings. The highest BCUT2D eigenvalue weighted by Crippen LogP contribution is 2.30. The third kappa shape index (κ3) is 4.90. The highest BCUT2D eigenvalue weighted by molar-refractivity contribution is 5.95. The predicted molar refractivity (Wildman–Crippen MR) is 135 cm³/mol. The van der Waals surface area contributed by atoms with E-state index in [0.717, 1.165) is 85.0 Å². The molecule has 0 unspecified atom stereocenters. The zero-order valence-electron chi connectivity index (χ0n) is 19.9. The van der Waals surface area contributed by atoms with Crippen LogP contribution in [0.1, 0.15) is 18.5 Å². The van der Waals surface area contributed by atoms with Crippen molar-refractivity contribution in [2.75, 3.05) is 51.7 Å². The molecule has 6 heterocycles. The molecule has 0 atom stereocenters. The van der Waals surface area contributed by atoms with Gasteiger partial charge in [-0.1, -0.05) is 0 Å². The number of anilines is 1. The van der Waals surface area contributed by atoms with Gasteiger partial charge >= 0.3 is 0 Å². The maximum absolute atomic E-state index is 6.11. The Balaban J connectivity index is 1.25. The third-order valence-corrected chi connectivity index (χ3v) is 6.90. The first-order chi connectivity index (χ1) is 17.2. The fraction of sp³-hybridized carbons (Fsp3) is 0.440. The van der Waals surface area contributed by atoms with E-state index in [9.17, 15) is 0 Å². The number of morpholine rings is 1. The van der Waals surface area contributed by atoms with Crippen LogP contribution in [-0.2, 0) is 17.8 Å². The monoisotopic (exact) mass is 473 g/mol. The van der Waals surface area contributed by atoms with Crippen molar-refractivity contribution < 1.29 is 4.74 Å². The van der Waals surface area contributed by atoms with Gasteiger partial charge in [-0.25, -0.2) is 15.0 Å². The highest BCUT2D eigenvalue weighted by Gasteiger charge is 2.16. The normalized spacial score (nSPS) is 17.5. The van der Waals surface area contributed by atoms with Gasteiger partial charge < -0.3 is 20.4 Å². The summed E-state index contributed by atoms with van der Waals surface area (Å²) in [5.41, 5.74) is 11.7. The number of nitrogens with one attached hydrogen (secondary N) is 1. The van der Waals surface area contributed by atoms with Gasteiger partial charge in [0.2, 0.25) is 5.95 Å². The molecule has 10 heteroatoms. The third-order valence-electron chi connectivity index (χ3n) is 6.90. The Morgan fingerprint density at radius 3 is 2.66 bits per heavy atom. The number of nitrogens with zero attached hydrogens (tertiary/aromatic N) is 7. The van der Waals surface area contributed by atoms with Crippen molar-refractivity contribution in [3.05, 3.63) is 42.6 Å². The molecule has 0 saturated carbocycles. The number of aromatic amines is 1. The minimum absolute atomic E-state index is 0.281. The molecule has 0 bridgehead atoms. The standard InChI is InChI=1S/C25H31N9O/c26-25-30-20(17-33-7-9-35-10-8-33)12-23(31-25)22-15-28-24-21(22)11-18(13-27-24)19-14-29-34(16-19)6-5-32-3-1-2-4-32/h11-16H,1-10,17H2,(H,27,28)(H2,26,30,31). The van der Waals surface area contributed by atoms with Gasteiger partial charge in [0.15, 0.2) is 0 Å². The minimum atomic E-state index is 0.281. The minimum Gasteiger partial charge on any atom is -0.379 e. The van der Waals surface area contributed by atoms with E-state index < -0.39 is 0 Å². The topological polar surface area (TPSA) is 114 Å². The number of hydrogen-bond donors (Lipinski definition) is 2. The Kier molecular flexibility index (Phi) is 6.15. The van der Waals surface area contributed by atoms with Gasteiger partial charge in [-0.2, -0.15) is 5.10 Å². The van der Waals surface area contributed by atoms with Crippen LogP contribution in [0.4, 0.5) is 5.95 Å². The van der Waals surface area contributed by atoms with Crippen LogP contribution in [0.15, 0.2) is 36.9 Å². The van der Waals surface area contributed by atoms with Crippen LogP contribution in [-0.4, -0.2) is 85.5 Å². The number of ether oxygens (including phenoxy) is 1. The summed E-state index contributed by atoms with van der Waals surface area (Å²) in [6, 6.07) is 4.17. The summed E-state index contributed by atoms with van der Waals surface area (Å²) in [5.74, 6) is 0.281. The van der Waals surface area contributed by atoms with Crippen molar-refractivity contribution in [3.8, 4) is 22.4 Å². The van der Waals surface area contributed by atoms with Crippen molar-refractivity contribution in [3.63, 3.8) is 0 Å². The molecular formula is C25H31N9O. The second-order valence-electron chi connectivity index (χ2n) is 9.35. The molecule has 4 aromatic heterocycles. The van der Waals surface area contributed by atoms with Crippen LogP contribution < -0.4 is 5.73 Å². The number of hydrogen-bond acceptors (Lipinski definition) is 8. The lowest BCUT2D eigenvalue weighted by Gasteiger charge is -2.26. The average molecular weight is 474 g/mol. The number of nitrogens with two attached hydrogens (primary N) is 1. The van der Waals surface area contributed by atoms with E-state index in [4.69, 9.17) is 10.5 Å².